The topological polar surface area (TPSA) is 88.6 Å². The van der Waals surface area contributed by atoms with Crippen molar-refractivity contribution in [2.45, 2.75) is 19.5 Å². The zero-order chi connectivity index (χ0) is 13.0. The molecule has 1 heterocycles. The summed E-state index contributed by atoms with van der Waals surface area (Å²) in [5.41, 5.74) is 0. The number of likely N-dealkylation sites (N-methyl/N-ethyl adjacent to an activating group) is 1. The molecule has 94 valence electrons. The first-order chi connectivity index (χ1) is 7.91. The van der Waals surface area contributed by atoms with Crippen molar-refractivity contribution >= 4 is 11.8 Å². The Morgan fingerprint density at radius 1 is 1.59 bits per heavy atom. The van der Waals surface area contributed by atoms with Gasteiger partial charge in [-0.05, 0) is 13.0 Å². The molecule has 7 heteroatoms. The molecule has 0 saturated heterocycles. The van der Waals surface area contributed by atoms with Gasteiger partial charge in [-0.1, -0.05) is 0 Å². The summed E-state index contributed by atoms with van der Waals surface area (Å²) in [5, 5.41) is 13.3. The highest BCUT2D eigenvalue weighted by Gasteiger charge is 2.16. The first kappa shape index (κ1) is 13.2. The van der Waals surface area contributed by atoms with Gasteiger partial charge in [-0.3, -0.25) is 20.2 Å². The fourth-order valence-electron chi connectivity index (χ4n) is 1.29. The molecule has 0 aliphatic rings. The van der Waals surface area contributed by atoms with Gasteiger partial charge in [0.05, 0.1) is 18.7 Å². The van der Waals surface area contributed by atoms with Crippen LogP contribution in [0, 0.1) is 10.1 Å². The minimum absolute atomic E-state index is 0.0638. The van der Waals surface area contributed by atoms with Gasteiger partial charge in [0.25, 0.3) is 0 Å². The molecular formula is C10H15N3O4. The molecule has 0 spiro atoms. The van der Waals surface area contributed by atoms with Gasteiger partial charge in [-0.2, -0.15) is 0 Å². The molecule has 1 aromatic heterocycles. The Labute approximate surface area is 98.5 Å². The standard InChI is InChI=1S/C10H15N3O4/c1-7(10(14)12(2)3)11-6-8-4-5-9(17-8)13(15)16/h4-5,7,11H,6H2,1-3H3. The third-order valence-corrected chi connectivity index (χ3v) is 2.22. The maximum Gasteiger partial charge on any atom is 0.433 e. The molecule has 1 unspecified atom stereocenters. The largest absolute Gasteiger partial charge is 0.433 e. The van der Waals surface area contributed by atoms with Crippen LogP contribution in [-0.2, 0) is 11.3 Å². The van der Waals surface area contributed by atoms with Crippen molar-refractivity contribution in [1.82, 2.24) is 10.2 Å². The fraction of sp³-hybridized carbons (Fsp3) is 0.500. The Morgan fingerprint density at radius 3 is 2.71 bits per heavy atom. The molecule has 1 rings (SSSR count). The molecule has 1 aromatic rings. The number of carbonyl (C=O) groups excluding carboxylic acids is 1. The van der Waals surface area contributed by atoms with Crippen molar-refractivity contribution in [1.29, 1.82) is 0 Å². The van der Waals surface area contributed by atoms with Crippen molar-refractivity contribution < 1.29 is 14.1 Å². The Kier molecular flexibility index (Phi) is 4.22. The Morgan fingerprint density at radius 2 is 2.24 bits per heavy atom. The molecule has 7 nitrogen and oxygen atoms in total. The highest BCUT2D eigenvalue weighted by atomic mass is 16.6. The number of nitro groups is 1. The number of furan rings is 1. The lowest BCUT2D eigenvalue weighted by atomic mass is 10.3. The second kappa shape index (κ2) is 5.44. The quantitative estimate of drug-likeness (QED) is 0.607. The van der Waals surface area contributed by atoms with Crippen LogP contribution in [0.3, 0.4) is 0 Å². The van der Waals surface area contributed by atoms with E-state index in [4.69, 9.17) is 4.42 Å². The predicted molar refractivity (Wildman–Crippen MR) is 60.4 cm³/mol. The van der Waals surface area contributed by atoms with Crippen LogP contribution < -0.4 is 5.32 Å². The molecule has 0 radical (unpaired) electrons. The minimum Gasteiger partial charge on any atom is -0.404 e. The van der Waals surface area contributed by atoms with Crippen LogP contribution >= 0.6 is 0 Å². The molecule has 1 N–H and O–H groups in total. The van der Waals surface area contributed by atoms with Crippen LogP contribution in [0.25, 0.3) is 0 Å². The molecule has 0 bridgehead atoms. The lowest BCUT2D eigenvalue weighted by molar-refractivity contribution is -0.402. The van der Waals surface area contributed by atoms with Gasteiger partial charge in [0.2, 0.25) is 5.91 Å². The maximum absolute atomic E-state index is 11.5. The normalized spacial score (nSPS) is 12.2. The summed E-state index contributed by atoms with van der Waals surface area (Å²) < 4.78 is 4.95. The molecule has 0 aliphatic carbocycles. The molecule has 0 fully saturated rings. The Hall–Kier alpha value is -1.89. The number of rotatable bonds is 5. The number of nitrogens with zero attached hydrogens (tertiary/aromatic N) is 2. The van der Waals surface area contributed by atoms with Crippen LogP contribution in [0.15, 0.2) is 16.5 Å². The fourth-order valence-corrected chi connectivity index (χ4v) is 1.29. The summed E-state index contributed by atoms with van der Waals surface area (Å²) in [6.45, 7) is 1.99. The molecule has 1 amide bonds. The SMILES string of the molecule is CC(NCc1ccc([N+](=O)[O-])o1)C(=O)N(C)C. The zero-order valence-corrected chi connectivity index (χ0v) is 9.97. The Bertz CT molecular complexity index is 413. The summed E-state index contributed by atoms with van der Waals surface area (Å²) >= 11 is 0. The zero-order valence-electron chi connectivity index (χ0n) is 9.97. The third-order valence-electron chi connectivity index (χ3n) is 2.22. The first-order valence-electron chi connectivity index (χ1n) is 5.09. The number of nitrogens with one attached hydrogen (secondary N) is 1. The van der Waals surface area contributed by atoms with E-state index in [0.717, 1.165) is 0 Å². The summed E-state index contributed by atoms with van der Waals surface area (Å²) in [6, 6.07) is 2.43. The lowest BCUT2D eigenvalue weighted by Gasteiger charge is -2.17. The van der Waals surface area contributed by atoms with Crippen molar-refractivity contribution in [3.8, 4) is 0 Å². The molecular weight excluding hydrogens is 226 g/mol. The summed E-state index contributed by atoms with van der Waals surface area (Å²) in [7, 11) is 3.33. The smallest absolute Gasteiger partial charge is 0.404 e. The minimum atomic E-state index is -0.599. The first-order valence-corrected chi connectivity index (χ1v) is 5.09. The summed E-state index contributed by atoms with van der Waals surface area (Å²) in [6.07, 6.45) is 0. The van der Waals surface area contributed by atoms with E-state index in [1.165, 1.54) is 17.0 Å². The van der Waals surface area contributed by atoms with Crippen LogP contribution in [0.4, 0.5) is 5.88 Å². The van der Waals surface area contributed by atoms with E-state index in [-0.39, 0.29) is 24.4 Å². The van der Waals surface area contributed by atoms with Gasteiger partial charge in [0, 0.05) is 14.1 Å². The molecule has 0 saturated carbocycles. The van der Waals surface area contributed by atoms with Crippen LogP contribution in [-0.4, -0.2) is 35.9 Å². The highest BCUT2D eigenvalue weighted by Crippen LogP contribution is 2.15. The van der Waals surface area contributed by atoms with E-state index in [9.17, 15) is 14.9 Å². The molecule has 17 heavy (non-hydrogen) atoms. The van der Waals surface area contributed by atoms with Crippen molar-refractivity contribution in [2.24, 2.45) is 0 Å². The molecule has 0 aliphatic heterocycles. The van der Waals surface area contributed by atoms with Crippen molar-refractivity contribution in [2.75, 3.05) is 14.1 Å². The van der Waals surface area contributed by atoms with Gasteiger partial charge in [0.1, 0.15) is 10.7 Å². The molecule has 0 aromatic carbocycles. The van der Waals surface area contributed by atoms with E-state index in [2.05, 4.69) is 5.32 Å². The third kappa shape index (κ3) is 3.56. The van der Waals surface area contributed by atoms with E-state index >= 15 is 0 Å². The monoisotopic (exact) mass is 241 g/mol. The average Bonchev–Trinajstić information content (AvgIpc) is 2.73. The van der Waals surface area contributed by atoms with Gasteiger partial charge < -0.3 is 9.32 Å². The predicted octanol–water partition coefficient (Wildman–Crippen LogP) is 0.754. The number of hydrogen-bond donors (Lipinski definition) is 1. The average molecular weight is 241 g/mol. The van der Waals surface area contributed by atoms with E-state index in [1.54, 1.807) is 21.0 Å². The van der Waals surface area contributed by atoms with E-state index < -0.39 is 4.92 Å². The second-order valence-electron chi connectivity index (χ2n) is 3.83. The molecule has 1 atom stereocenters. The van der Waals surface area contributed by atoms with Crippen molar-refractivity contribution in [3.63, 3.8) is 0 Å². The van der Waals surface area contributed by atoms with Crippen molar-refractivity contribution in [3.05, 3.63) is 28.0 Å². The van der Waals surface area contributed by atoms with Gasteiger partial charge in [-0.15, -0.1) is 0 Å². The van der Waals surface area contributed by atoms with Crippen LogP contribution in [0.1, 0.15) is 12.7 Å². The Balaban J connectivity index is 2.50. The van der Waals surface area contributed by atoms with Gasteiger partial charge in [0.15, 0.2) is 0 Å². The van der Waals surface area contributed by atoms with Crippen LogP contribution in [0.5, 0.6) is 0 Å². The van der Waals surface area contributed by atoms with E-state index in [1.807, 2.05) is 0 Å². The van der Waals surface area contributed by atoms with Gasteiger partial charge >= 0.3 is 5.88 Å². The summed E-state index contributed by atoms with van der Waals surface area (Å²) in [4.78, 5) is 22.8. The van der Waals surface area contributed by atoms with E-state index in [0.29, 0.717) is 5.76 Å². The maximum atomic E-state index is 11.5. The van der Waals surface area contributed by atoms with Gasteiger partial charge in [-0.25, -0.2) is 0 Å². The number of amides is 1. The number of hydrogen-bond acceptors (Lipinski definition) is 5. The lowest BCUT2D eigenvalue weighted by Crippen LogP contribution is -2.41. The van der Waals surface area contributed by atoms with Crippen LogP contribution in [0.2, 0.25) is 0 Å². The summed E-state index contributed by atoms with van der Waals surface area (Å²) in [5.74, 6) is 0.0644. The second-order valence-corrected chi connectivity index (χ2v) is 3.83. The number of carbonyl (C=O) groups is 1. The highest BCUT2D eigenvalue weighted by molar-refractivity contribution is 5.80.